The van der Waals surface area contributed by atoms with Gasteiger partial charge in [-0.3, -0.25) is 0 Å². The van der Waals surface area contributed by atoms with E-state index >= 15 is 0 Å². The first-order chi connectivity index (χ1) is 5.63. The average Bonchev–Trinajstić information content (AvgIpc) is 2.12. The average molecular weight is 206 g/mol. The van der Waals surface area contributed by atoms with E-state index in [0.29, 0.717) is 15.7 Å². The van der Waals surface area contributed by atoms with Gasteiger partial charge in [-0.1, -0.05) is 43.1 Å². The van der Waals surface area contributed by atoms with Gasteiger partial charge in [0.1, 0.15) is 0 Å². The zero-order chi connectivity index (χ0) is 9.72. The van der Waals surface area contributed by atoms with Crippen molar-refractivity contribution in [1.29, 1.82) is 0 Å². The quantitative estimate of drug-likeness (QED) is 0.640. The molecule has 0 spiro atoms. The van der Waals surface area contributed by atoms with Crippen LogP contribution in [-0.2, 0) is 0 Å². The topological polar surface area (TPSA) is 26.0 Å². The number of hydrogen-bond donors (Lipinski definition) is 1. The van der Waals surface area contributed by atoms with E-state index in [9.17, 15) is 0 Å². The minimum atomic E-state index is 0.446. The summed E-state index contributed by atoms with van der Waals surface area (Å²) in [6.07, 6.45) is 0. The van der Waals surface area contributed by atoms with Crippen LogP contribution in [0.1, 0.15) is 19.4 Å². The first-order valence-corrected chi connectivity index (χ1v) is 4.58. The molecule has 0 aliphatic carbocycles. The van der Waals surface area contributed by atoms with Crippen LogP contribution in [0, 0.1) is 6.92 Å². The molecule has 0 fully saturated rings. The number of nitrogen functional groups attached to an aromatic ring is 1. The predicted molar refractivity (Wildman–Crippen MR) is 57.0 cm³/mol. The second kappa shape index (κ2) is 5.28. The molecule has 3 heteroatoms. The van der Waals surface area contributed by atoms with Gasteiger partial charge in [0, 0.05) is 0 Å². The lowest BCUT2D eigenvalue weighted by atomic mass is 10.2. The van der Waals surface area contributed by atoms with Crippen molar-refractivity contribution in [3.63, 3.8) is 0 Å². The molecule has 2 N–H and O–H groups in total. The van der Waals surface area contributed by atoms with E-state index in [4.69, 9.17) is 28.9 Å². The molecular weight excluding hydrogens is 193 g/mol. The Balaban J connectivity index is 0.000000561. The van der Waals surface area contributed by atoms with Crippen molar-refractivity contribution in [2.45, 2.75) is 20.8 Å². The van der Waals surface area contributed by atoms with E-state index in [1.807, 2.05) is 26.8 Å². The van der Waals surface area contributed by atoms with Crippen LogP contribution in [0.15, 0.2) is 12.1 Å². The fourth-order valence-electron chi connectivity index (χ4n) is 0.661. The number of hydrogen-bond acceptors (Lipinski definition) is 1. The van der Waals surface area contributed by atoms with Crippen molar-refractivity contribution in [3.05, 3.63) is 27.7 Å². The van der Waals surface area contributed by atoms with E-state index in [-0.39, 0.29) is 0 Å². The Labute approximate surface area is 83.5 Å². The molecule has 0 radical (unpaired) electrons. The van der Waals surface area contributed by atoms with Gasteiger partial charge in [-0.15, -0.1) is 0 Å². The van der Waals surface area contributed by atoms with Crippen molar-refractivity contribution in [1.82, 2.24) is 0 Å². The van der Waals surface area contributed by atoms with E-state index in [1.54, 1.807) is 6.07 Å². The second-order valence-corrected chi connectivity index (χ2v) is 2.86. The van der Waals surface area contributed by atoms with E-state index in [0.717, 1.165) is 5.56 Å². The van der Waals surface area contributed by atoms with Gasteiger partial charge in [0.2, 0.25) is 0 Å². The third-order valence-corrected chi connectivity index (χ3v) is 2.30. The fraction of sp³-hybridized carbons (Fsp3) is 0.333. The molecule has 0 bridgehead atoms. The predicted octanol–water partition coefficient (Wildman–Crippen LogP) is 3.91. The molecule has 0 saturated heterocycles. The summed E-state index contributed by atoms with van der Waals surface area (Å²) in [5.41, 5.74) is 6.94. The molecule has 68 valence electrons. The summed E-state index contributed by atoms with van der Waals surface area (Å²) in [6, 6.07) is 3.58. The van der Waals surface area contributed by atoms with Crippen LogP contribution in [0.2, 0.25) is 10.0 Å². The van der Waals surface area contributed by atoms with E-state index < -0.39 is 0 Å². The summed E-state index contributed by atoms with van der Waals surface area (Å²) >= 11 is 11.5. The molecule has 0 aromatic heterocycles. The summed E-state index contributed by atoms with van der Waals surface area (Å²) in [6.45, 7) is 5.88. The zero-order valence-electron chi connectivity index (χ0n) is 7.49. The van der Waals surface area contributed by atoms with Gasteiger partial charge >= 0.3 is 0 Å². The van der Waals surface area contributed by atoms with Crippen LogP contribution in [0.4, 0.5) is 5.69 Å². The molecule has 0 amide bonds. The highest BCUT2D eigenvalue weighted by Crippen LogP contribution is 2.30. The summed E-state index contributed by atoms with van der Waals surface area (Å²) < 4.78 is 0. The number of benzene rings is 1. The van der Waals surface area contributed by atoms with Crippen LogP contribution in [-0.4, -0.2) is 0 Å². The van der Waals surface area contributed by atoms with Gasteiger partial charge in [-0.25, -0.2) is 0 Å². The van der Waals surface area contributed by atoms with Gasteiger partial charge in [0.05, 0.1) is 15.7 Å². The van der Waals surface area contributed by atoms with Crippen LogP contribution in [0.5, 0.6) is 0 Å². The lowest BCUT2D eigenvalue weighted by molar-refractivity contribution is 1.47. The second-order valence-electron chi connectivity index (χ2n) is 2.10. The number of nitrogens with two attached hydrogens (primary N) is 1. The number of aryl methyl sites for hydroxylation is 1. The molecule has 0 aliphatic rings. The van der Waals surface area contributed by atoms with Crippen LogP contribution in [0.25, 0.3) is 0 Å². The fourth-order valence-corrected chi connectivity index (χ4v) is 1.05. The number of halogens is 2. The third-order valence-electron chi connectivity index (χ3n) is 1.31. The number of rotatable bonds is 0. The molecule has 1 nitrogen and oxygen atoms in total. The first kappa shape index (κ1) is 11.6. The summed E-state index contributed by atoms with van der Waals surface area (Å²) in [5.74, 6) is 0. The summed E-state index contributed by atoms with van der Waals surface area (Å²) in [7, 11) is 0. The van der Waals surface area contributed by atoms with Crippen molar-refractivity contribution >= 4 is 28.9 Å². The van der Waals surface area contributed by atoms with Gasteiger partial charge < -0.3 is 5.73 Å². The molecular formula is C9H13Cl2N. The van der Waals surface area contributed by atoms with Gasteiger partial charge in [0.25, 0.3) is 0 Å². The largest absolute Gasteiger partial charge is 0.397 e. The molecule has 0 heterocycles. The SMILES string of the molecule is CC.Cc1ccc(N)c(Cl)c1Cl. The minimum Gasteiger partial charge on any atom is -0.397 e. The number of anilines is 1. The molecule has 1 aromatic rings. The maximum absolute atomic E-state index is 5.77. The Kier molecular flexibility index (Phi) is 5.11. The maximum Gasteiger partial charge on any atom is 0.0824 e. The molecule has 0 atom stereocenters. The van der Waals surface area contributed by atoms with E-state index in [1.165, 1.54) is 0 Å². The van der Waals surface area contributed by atoms with Gasteiger partial charge in [-0.05, 0) is 18.6 Å². The highest BCUT2D eigenvalue weighted by Gasteiger charge is 2.02. The third kappa shape index (κ3) is 2.58. The maximum atomic E-state index is 5.77. The molecule has 1 aromatic carbocycles. The van der Waals surface area contributed by atoms with Gasteiger partial charge in [-0.2, -0.15) is 0 Å². The van der Waals surface area contributed by atoms with Crippen molar-refractivity contribution in [2.75, 3.05) is 5.73 Å². The Morgan fingerprint density at radius 1 is 1.08 bits per heavy atom. The molecule has 0 saturated carbocycles. The lowest BCUT2D eigenvalue weighted by Gasteiger charge is -2.01. The molecule has 1 rings (SSSR count). The van der Waals surface area contributed by atoms with E-state index in [2.05, 4.69) is 0 Å². The zero-order valence-corrected chi connectivity index (χ0v) is 9.00. The first-order valence-electron chi connectivity index (χ1n) is 3.83. The van der Waals surface area contributed by atoms with Crippen LogP contribution < -0.4 is 5.73 Å². The van der Waals surface area contributed by atoms with Crippen molar-refractivity contribution in [3.8, 4) is 0 Å². The van der Waals surface area contributed by atoms with Gasteiger partial charge in [0.15, 0.2) is 0 Å². The smallest absolute Gasteiger partial charge is 0.0824 e. The Morgan fingerprint density at radius 3 is 2.00 bits per heavy atom. The molecule has 12 heavy (non-hydrogen) atoms. The Morgan fingerprint density at radius 2 is 1.58 bits per heavy atom. The monoisotopic (exact) mass is 205 g/mol. The summed E-state index contributed by atoms with van der Waals surface area (Å²) in [5, 5.41) is 0.989. The Bertz CT molecular complexity index is 232. The highest BCUT2D eigenvalue weighted by atomic mass is 35.5. The van der Waals surface area contributed by atoms with Crippen molar-refractivity contribution in [2.24, 2.45) is 0 Å². The standard InChI is InChI=1S/C7H7Cl2N.C2H6/c1-4-2-3-5(10)7(9)6(4)8;1-2/h2-3H,10H2,1H3;1-2H3. The Hall–Kier alpha value is -0.400. The molecule has 0 unspecified atom stereocenters. The minimum absolute atomic E-state index is 0.446. The highest BCUT2D eigenvalue weighted by molar-refractivity contribution is 6.44. The summed E-state index contributed by atoms with van der Waals surface area (Å²) in [4.78, 5) is 0. The lowest BCUT2D eigenvalue weighted by Crippen LogP contribution is -1.87. The van der Waals surface area contributed by atoms with Crippen LogP contribution >= 0.6 is 23.2 Å². The normalized spacial score (nSPS) is 8.75. The van der Waals surface area contributed by atoms with Crippen molar-refractivity contribution < 1.29 is 0 Å². The molecule has 0 aliphatic heterocycles. The van der Waals surface area contributed by atoms with Crippen LogP contribution in [0.3, 0.4) is 0 Å².